The van der Waals surface area contributed by atoms with Crippen LogP contribution >= 0.6 is 0 Å². The summed E-state index contributed by atoms with van der Waals surface area (Å²) >= 11 is 0. The molecule has 68 heavy (non-hydrogen) atoms. The normalized spacial score (nSPS) is 11.8. The van der Waals surface area contributed by atoms with Gasteiger partial charge in [0.25, 0.3) is 0 Å². The molecule has 0 atom stereocenters. The molecule has 5 heteroatoms. The minimum Gasteiger partial charge on any atom is -0.248 e. The molecule has 14 rings (SSSR count). The number of aromatic nitrogens is 5. The molecule has 0 amide bonds. The van der Waals surface area contributed by atoms with E-state index in [4.69, 9.17) is 24.9 Å². The van der Waals surface area contributed by atoms with E-state index in [0.717, 1.165) is 82.6 Å². The van der Waals surface area contributed by atoms with Crippen molar-refractivity contribution in [3.63, 3.8) is 0 Å². The minimum atomic E-state index is 0.581. The molecule has 0 bridgehead atoms. The number of fused-ring (bicyclic) bond motifs is 8. The molecule has 0 N–H and O–H groups in total. The van der Waals surface area contributed by atoms with Gasteiger partial charge in [0.15, 0.2) is 17.5 Å². The zero-order valence-corrected chi connectivity index (χ0v) is 36.6. The summed E-state index contributed by atoms with van der Waals surface area (Å²) in [7, 11) is 0. The molecule has 14 aromatic rings. The molecule has 3 heterocycles. The van der Waals surface area contributed by atoms with Crippen LogP contribution < -0.4 is 0 Å². The van der Waals surface area contributed by atoms with Crippen LogP contribution in [-0.2, 0) is 0 Å². The summed E-state index contributed by atoms with van der Waals surface area (Å²) in [4.78, 5) is 26.0. The Morgan fingerprint density at radius 1 is 0.191 bits per heavy atom. The van der Waals surface area contributed by atoms with Crippen molar-refractivity contribution in [2.75, 3.05) is 0 Å². The Morgan fingerprint density at radius 2 is 0.544 bits per heavy atom. The van der Waals surface area contributed by atoms with Gasteiger partial charge >= 0.3 is 0 Å². The van der Waals surface area contributed by atoms with Gasteiger partial charge in [0.2, 0.25) is 0 Å². The molecule has 0 radical (unpaired) electrons. The zero-order chi connectivity index (χ0) is 44.7. The van der Waals surface area contributed by atoms with Crippen LogP contribution in [0.3, 0.4) is 0 Å². The summed E-state index contributed by atoms with van der Waals surface area (Å²) in [5, 5.41) is 13.8. The molecule has 0 saturated heterocycles. The minimum absolute atomic E-state index is 0.581. The van der Waals surface area contributed by atoms with Gasteiger partial charge in [-0.15, -0.1) is 0 Å². The maximum atomic E-state index is 5.39. The van der Waals surface area contributed by atoms with Crippen LogP contribution in [0.15, 0.2) is 224 Å². The highest BCUT2D eigenvalue weighted by molar-refractivity contribution is 6.08. The van der Waals surface area contributed by atoms with Crippen LogP contribution in [0.1, 0.15) is 0 Å². The van der Waals surface area contributed by atoms with Crippen LogP contribution in [-0.4, -0.2) is 24.9 Å². The first-order valence-corrected chi connectivity index (χ1v) is 23.0. The maximum absolute atomic E-state index is 5.39. The van der Waals surface area contributed by atoms with Gasteiger partial charge in [-0.3, -0.25) is 0 Å². The summed E-state index contributed by atoms with van der Waals surface area (Å²) in [6.07, 6.45) is 0. The summed E-state index contributed by atoms with van der Waals surface area (Å²) < 4.78 is 0. The van der Waals surface area contributed by atoms with E-state index < -0.39 is 0 Å². The fourth-order valence-corrected chi connectivity index (χ4v) is 10.1. The topological polar surface area (TPSA) is 64.5 Å². The molecular weight excluding hydrogens is 827 g/mol. The summed E-state index contributed by atoms with van der Waals surface area (Å²) in [5.74, 6) is 1.74. The van der Waals surface area contributed by atoms with Crippen molar-refractivity contribution < 1.29 is 0 Å². The molecule has 314 valence electrons. The van der Waals surface area contributed by atoms with Crippen molar-refractivity contribution in [2.45, 2.75) is 0 Å². The predicted octanol–water partition coefficient (Wildman–Crippen LogP) is 16.2. The van der Waals surface area contributed by atoms with Gasteiger partial charge in [-0.25, -0.2) is 24.9 Å². The van der Waals surface area contributed by atoms with Crippen LogP contribution in [0.25, 0.3) is 143 Å². The lowest BCUT2D eigenvalue weighted by atomic mass is 9.90. The van der Waals surface area contributed by atoms with Crippen LogP contribution in [0, 0.1) is 0 Å². The Morgan fingerprint density at radius 3 is 1.01 bits per heavy atom. The van der Waals surface area contributed by atoms with E-state index in [-0.39, 0.29) is 0 Å². The molecule has 3 aromatic heterocycles. The molecule has 0 unspecified atom stereocenters. The third-order valence-corrected chi connectivity index (χ3v) is 13.5. The van der Waals surface area contributed by atoms with E-state index in [9.17, 15) is 0 Å². The van der Waals surface area contributed by atoms with E-state index in [2.05, 4.69) is 212 Å². The molecule has 0 saturated carbocycles. The van der Waals surface area contributed by atoms with Crippen molar-refractivity contribution in [3.05, 3.63) is 224 Å². The Bertz CT molecular complexity index is 4130. The fraction of sp³-hybridized carbons (Fsp3) is 0. The highest BCUT2D eigenvalue weighted by Crippen LogP contribution is 2.40. The first-order chi connectivity index (χ1) is 33.6. The van der Waals surface area contributed by atoms with Crippen molar-refractivity contribution in [1.29, 1.82) is 0 Å². The molecule has 0 aliphatic heterocycles. The van der Waals surface area contributed by atoms with Crippen molar-refractivity contribution in [1.82, 2.24) is 24.9 Å². The second-order valence-electron chi connectivity index (χ2n) is 17.7. The number of nitrogens with zero attached hydrogens (tertiary/aromatic N) is 5. The third kappa shape index (κ3) is 6.51. The van der Waals surface area contributed by atoms with Crippen LogP contribution in [0.4, 0.5) is 0 Å². The third-order valence-electron chi connectivity index (χ3n) is 13.5. The largest absolute Gasteiger partial charge is 0.248 e. The van der Waals surface area contributed by atoms with E-state index in [1.54, 1.807) is 0 Å². The van der Waals surface area contributed by atoms with Gasteiger partial charge < -0.3 is 0 Å². The highest BCUT2D eigenvalue weighted by Gasteiger charge is 2.18. The average Bonchev–Trinajstić information content (AvgIpc) is 3.39. The quantitative estimate of drug-likeness (QED) is 0.161. The van der Waals surface area contributed by atoms with Crippen LogP contribution in [0.5, 0.6) is 0 Å². The SMILES string of the molecule is c1ccc2cc3c(-c4cc(-c5nc(-c6ccc7nc8ccccc8cc7c6)nc(-c6ccc7nc8ccccc8cc7c6)n5)cc(-c5cccc6cc7ccccc7cc56)c4)cccc3cc2c1. The van der Waals surface area contributed by atoms with E-state index in [1.165, 1.54) is 43.1 Å². The fourth-order valence-electron chi connectivity index (χ4n) is 10.1. The number of hydrogen-bond donors (Lipinski definition) is 0. The molecular formula is C63H37N5. The van der Waals surface area contributed by atoms with E-state index in [1.807, 2.05) is 12.1 Å². The van der Waals surface area contributed by atoms with Gasteiger partial charge in [-0.05, 0) is 168 Å². The van der Waals surface area contributed by atoms with Gasteiger partial charge in [-0.2, -0.15) is 0 Å². The monoisotopic (exact) mass is 863 g/mol. The highest BCUT2D eigenvalue weighted by atomic mass is 15.0. The molecule has 0 spiro atoms. The first-order valence-electron chi connectivity index (χ1n) is 23.0. The van der Waals surface area contributed by atoms with Gasteiger partial charge in [0.1, 0.15) is 0 Å². The second-order valence-corrected chi connectivity index (χ2v) is 17.7. The number of benzene rings is 11. The lowest BCUT2D eigenvalue weighted by molar-refractivity contribution is 1.08. The number of para-hydroxylation sites is 2. The Balaban J connectivity index is 1.03. The molecule has 11 aromatic carbocycles. The smallest absolute Gasteiger partial charge is 0.164 e. The lowest BCUT2D eigenvalue weighted by Gasteiger charge is -2.15. The van der Waals surface area contributed by atoms with E-state index in [0.29, 0.717) is 17.5 Å². The molecule has 5 nitrogen and oxygen atoms in total. The maximum Gasteiger partial charge on any atom is 0.164 e. The molecule has 0 aliphatic carbocycles. The lowest BCUT2D eigenvalue weighted by Crippen LogP contribution is -2.01. The van der Waals surface area contributed by atoms with Gasteiger partial charge in [-0.1, -0.05) is 121 Å². The first kappa shape index (κ1) is 38.1. The molecule has 0 aliphatic rings. The number of hydrogen-bond acceptors (Lipinski definition) is 5. The van der Waals surface area contributed by atoms with Crippen molar-refractivity contribution >= 4 is 86.7 Å². The van der Waals surface area contributed by atoms with Gasteiger partial charge in [0.05, 0.1) is 22.1 Å². The summed E-state index contributed by atoms with van der Waals surface area (Å²) in [5.41, 5.74) is 10.8. The van der Waals surface area contributed by atoms with Crippen molar-refractivity contribution in [3.8, 4) is 56.4 Å². The summed E-state index contributed by atoms with van der Waals surface area (Å²) in [6.45, 7) is 0. The molecule has 0 fully saturated rings. The van der Waals surface area contributed by atoms with Crippen molar-refractivity contribution in [2.24, 2.45) is 0 Å². The summed E-state index contributed by atoms with van der Waals surface area (Å²) in [6, 6.07) is 79.9. The number of rotatable bonds is 5. The average molecular weight is 864 g/mol. The predicted molar refractivity (Wildman–Crippen MR) is 283 cm³/mol. The Kier molecular flexibility index (Phi) is 8.52. The van der Waals surface area contributed by atoms with E-state index >= 15 is 0 Å². The van der Waals surface area contributed by atoms with Gasteiger partial charge in [0, 0.05) is 38.2 Å². The zero-order valence-electron chi connectivity index (χ0n) is 36.6. The Labute approximate surface area is 390 Å². The second kappa shape index (κ2) is 15.2. The number of pyridine rings is 2. The van der Waals surface area contributed by atoms with Crippen LogP contribution in [0.2, 0.25) is 0 Å². The Hall–Kier alpha value is -9.19. The standard InChI is InChI=1S/C63H37N5/c1-3-13-40-36-55-42(27-38(40)11-1)17-9-19-53(55)48-33-49(54-20-10-18-43-28-39-12-2-4-14-41(39)37-56(43)54)35-52(34-48)63-67-61(46-23-25-59-50(31-46)29-44-15-5-7-21-57(44)64-59)66-62(68-63)47-24-26-60-51(32-47)30-45-16-6-8-22-58(45)65-60/h1-37H.